The monoisotopic (exact) mass is 440 g/mol. The van der Waals surface area contributed by atoms with Crippen molar-refractivity contribution in [3.05, 3.63) is 58.1 Å². The van der Waals surface area contributed by atoms with Crippen LogP contribution in [0.1, 0.15) is 36.5 Å². The van der Waals surface area contributed by atoms with Crippen LogP contribution in [0.25, 0.3) is 0 Å². The smallest absolute Gasteiger partial charge is 0.263 e. The zero-order valence-electron chi connectivity index (χ0n) is 15.5. The van der Waals surface area contributed by atoms with Crippen LogP contribution in [0.2, 0.25) is 10.0 Å². The molecule has 0 spiro atoms. The quantitative estimate of drug-likeness (QED) is 0.623. The minimum Gasteiger partial charge on any atom is -0.338 e. The molecule has 1 amide bonds. The van der Waals surface area contributed by atoms with Gasteiger partial charge in [0, 0.05) is 29.4 Å². The number of rotatable bonds is 8. The highest BCUT2D eigenvalue weighted by Crippen LogP contribution is 2.31. The summed E-state index contributed by atoms with van der Waals surface area (Å²) in [5.41, 5.74) is 0.747. The number of anilines is 1. The first-order chi connectivity index (χ1) is 13.3. The highest BCUT2D eigenvalue weighted by atomic mass is 35.5. The molecule has 2 aromatic carbocycles. The second kappa shape index (κ2) is 8.72. The summed E-state index contributed by atoms with van der Waals surface area (Å²) in [6.07, 6.45) is 3.19. The Labute approximate surface area is 175 Å². The highest BCUT2D eigenvalue weighted by molar-refractivity contribution is 7.92. The summed E-state index contributed by atoms with van der Waals surface area (Å²) in [5, 5.41) is 0.340. The molecule has 0 atom stereocenters. The number of benzene rings is 2. The third-order valence-electron chi connectivity index (χ3n) is 4.50. The van der Waals surface area contributed by atoms with Gasteiger partial charge in [0.15, 0.2) is 0 Å². The topological polar surface area (TPSA) is 66.5 Å². The fourth-order valence-corrected chi connectivity index (χ4v) is 4.76. The maximum atomic E-state index is 12.9. The zero-order chi connectivity index (χ0) is 20.3. The minimum atomic E-state index is -3.94. The Morgan fingerprint density at radius 3 is 2.61 bits per heavy atom. The average molecular weight is 441 g/mol. The van der Waals surface area contributed by atoms with Crippen LogP contribution in [-0.4, -0.2) is 32.3 Å². The molecule has 2 aromatic rings. The lowest BCUT2D eigenvalue weighted by Crippen LogP contribution is -2.33. The second-order valence-electron chi connectivity index (χ2n) is 6.96. The predicted octanol–water partition coefficient (Wildman–Crippen LogP) is 5.06. The van der Waals surface area contributed by atoms with E-state index in [0.29, 0.717) is 23.7 Å². The Morgan fingerprint density at radius 2 is 1.93 bits per heavy atom. The Balaban J connectivity index is 1.82. The summed E-state index contributed by atoms with van der Waals surface area (Å²) in [6, 6.07) is 10.7. The number of halogens is 2. The lowest BCUT2D eigenvalue weighted by Gasteiger charge is -2.22. The minimum absolute atomic E-state index is 0.0719. The first-order valence-electron chi connectivity index (χ1n) is 9.17. The van der Waals surface area contributed by atoms with Gasteiger partial charge in [0.05, 0.1) is 5.02 Å². The van der Waals surface area contributed by atoms with Crippen molar-refractivity contribution in [2.75, 3.05) is 17.8 Å². The first kappa shape index (κ1) is 21.0. The van der Waals surface area contributed by atoms with Gasteiger partial charge >= 0.3 is 0 Å². The van der Waals surface area contributed by atoms with E-state index in [1.54, 1.807) is 24.3 Å². The molecule has 0 aliphatic heterocycles. The van der Waals surface area contributed by atoms with E-state index in [0.717, 1.165) is 25.8 Å². The average Bonchev–Trinajstić information content (AvgIpc) is 3.46. The third-order valence-corrected chi connectivity index (χ3v) is 6.60. The first-order valence-corrected chi connectivity index (χ1v) is 11.4. The predicted molar refractivity (Wildman–Crippen MR) is 113 cm³/mol. The van der Waals surface area contributed by atoms with Gasteiger partial charge in [-0.15, -0.1) is 0 Å². The van der Waals surface area contributed by atoms with E-state index in [4.69, 9.17) is 23.2 Å². The van der Waals surface area contributed by atoms with Gasteiger partial charge in [-0.05, 0) is 61.6 Å². The Kier molecular flexibility index (Phi) is 6.53. The molecule has 5 nitrogen and oxygen atoms in total. The van der Waals surface area contributed by atoms with Crippen LogP contribution in [0, 0.1) is 5.92 Å². The number of carbonyl (C=O) groups excluding carboxylic acids is 1. The third kappa shape index (κ3) is 5.19. The van der Waals surface area contributed by atoms with Crippen molar-refractivity contribution in [3.8, 4) is 0 Å². The second-order valence-corrected chi connectivity index (χ2v) is 9.45. The molecule has 28 heavy (non-hydrogen) atoms. The van der Waals surface area contributed by atoms with E-state index >= 15 is 0 Å². The fourth-order valence-electron chi connectivity index (χ4n) is 2.95. The molecule has 0 aromatic heterocycles. The molecule has 1 aliphatic carbocycles. The largest absolute Gasteiger partial charge is 0.338 e. The van der Waals surface area contributed by atoms with E-state index in [1.165, 1.54) is 18.2 Å². The number of sulfonamides is 1. The van der Waals surface area contributed by atoms with Crippen molar-refractivity contribution >= 4 is 44.8 Å². The molecule has 0 unspecified atom stereocenters. The SMILES string of the molecule is CCCN(CC1CC1)C(=O)c1cccc(NS(=O)(=O)c2cc(Cl)ccc2Cl)c1. The molecular weight excluding hydrogens is 419 g/mol. The van der Waals surface area contributed by atoms with E-state index < -0.39 is 10.0 Å². The van der Waals surface area contributed by atoms with Gasteiger partial charge in [0.25, 0.3) is 15.9 Å². The van der Waals surface area contributed by atoms with Crippen LogP contribution < -0.4 is 4.72 Å². The van der Waals surface area contributed by atoms with Crippen LogP contribution >= 0.6 is 23.2 Å². The Bertz CT molecular complexity index is 975. The van der Waals surface area contributed by atoms with Crippen molar-refractivity contribution in [1.29, 1.82) is 0 Å². The van der Waals surface area contributed by atoms with Crippen LogP contribution in [-0.2, 0) is 10.0 Å². The van der Waals surface area contributed by atoms with Gasteiger partial charge in [-0.25, -0.2) is 8.42 Å². The number of amides is 1. The Hall–Kier alpha value is -1.76. The van der Waals surface area contributed by atoms with Crippen LogP contribution in [0.15, 0.2) is 47.4 Å². The van der Waals surface area contributed by atoms with E-state index in [1.807, 2.05) is 11.8 Å². The van der Waals surface area contributed by atoms with Crippen LogP contribution in [0.5, 0.6) is 0 Å². The number of carbonyl (C=O) groups is 1. The summed E-state index contributed by atoms with van der Waals surface area (Å²) < 4.78 is 27.9. The summed E-state index contributed by atoms with van der Waals surface area (Å²) >= 11 is 11.9. The maximum Gasteiger partial charge on any atom is 0.263 e. The highest BCUT2D eigenvalue weighted by Gasteiger charge is 2.27. The molecule has 0 saturated heterocycles. The van der Waals surface area contributed by atoms with Crippen molar-refractivity contribution in [1.82, 2.24) is 4.90 Å². The summed E-state index contributed by atoms with van der Waals surface area (Å²) in [4.78, 5) is 14.6. The molecule has 1 aliphatic rings. The van der Waals surface area contributed by atoms with Crippen molar-refractivity contribution < 1.29 is 13.2 Å². The molecular formula is C20H22Cl2N2O3S. The number of nitrogens with zero attached hydrogens (tertiary/aromatic N) is 1. The summed E-state index contributed by atoms with van der Waals surface area (Å²) in [7, 11) is -3.94. The molecule has 8 heteroatoms. The summed E-state index contributed by atoms with van der Waals surface area (Å²) in [5.74, 6) is 0.498. The molecule has 1 fully saturated rings. The van der Waals surface area contributed by atoms with E-state index in [-0.39, 0.29) is 20.8 Å². The van der Waals surface area contributed by atoms with Gasteiger partial charge < -0.3 is 4.90 Å². The van der Waals surface area contributed by atoms with E-state index in [9.17, 15) is 13.2 Å². The molecule has 3 rings (SSSR count). The van der Waals surface area contributed by atoms with Gasteiger partial charge in [-0.3, -0.25) is 9.52 Å². The molecule has 0 bridgehead atoms. The molecule has 0 radical (unpaired) electrons. The standard InChI is InChI=1S/C20H22Cl2N2O3S/c1-2-10-24(13-14-6-7-14)20(25)15-4-3-5-17(11-15)23-28(26,27)19-12-16(21)8-9-18(19)22/h3-5,8-9,11-12,14,23H,2,6-7,10,13H2,1H3. The van der Waals surface area contributed by atoms with Crippen molar-refractivity contribution in [2.24, 2.45) is 5.92 Å². The normalized spacial score (nSPS) is 14.0. The van der Waals surface area contributed by atoms with Gasteiger partial charge in [0.1, 0.15) is 4.90 Å². The van der Waals surface area contributed by atoms with Crippen molar-refractivity contribution in [3.63, 3.8) is 0 Å². The number of nitrogens with one attached hydrogen (secondary N) is 1. The number of hydrogen-bond acceptors (Lipinski definition) is 3. The van der Waals surface area contributed by atoms with E-state index in [2.05, 4.69) is 4.72 Å². The summed E-state index contributed by atoms with van der Waals surface area (Å²) in [6.45, 7) is 3.47. The van der Waals surface area contributed by atoms with Crippen molar-refractivity contribution in [2.45, 2.75) is 31.1 Å². The van der Waals surface area contributed by atoms with Crippen LogP contribution in [0.3, 0.4) is 0 Å². The zero-order valence-corrected chi connectivity index (χ0v) is 17.8. The lowest BCUT2D eigenvalue weighted by atomic mass is 10.1. The lowest BCUT2D eigenvalue weighted by molar-refractivity contribution is 0.0747. The molecule has 1 saturated carbocycles. The molecule has 0 heterocycles. The Morgan fingerprint density at radius 1 is 1.18 bits per heavy atom. The van der Waals surface area contributed by atoms with Gasteiger partial charge in [0.2, 0.25) is 0 Å². The molecule has 150 valence electrons. The fraction of sp³-hybridized carbons (Fsp3) is 0.350. The maximum absolute atomic E-state index is 12.9. The van der Waals surface area contributed by atoms with Gasteiger partial charge in [-0.2, -0.15) is 0 Å². The van der Waals surface area contributed by atoms with Crippen LogP contribution in [0.4, 0.5) is 5.69 Å². The van der Waals surface area contributed by atoms with Gasteiger partial charge in [-0.1, -0.05) is 36.2 Å². The molecule has 1 N–H and O–H groups in total. The number of hydrogen-bond donors (Lipinski definition) is 1.